The molecular formula is C28H42N8O. The van der Waals surface area contributed by atoms with Crippen LogP contribution in [0.2, 0.25) is 0 Å². The highest BCUT2D eigenvalue weighted by Gasteiger charge is 2.22. The molecule has 0 spiro atoms. The highest BCUT2D eigenvalue weighted by Crippen LogP contribution is 2.14. The fraction of sp³-hybridized carbons (Fsp3) is 0.536. The maximum Gasteiger partial charge on any atom is 0.253 e. The summed E-state index contributed by atoms with van der Waals surface area (Å²) in [6.07, 6.45) is 9.63. The van der Waals surface area contributed by atoms with Crippen LogP contribution in [-0.2, 0) is 19.6 Å². The lowest BCUT2D eigenvalue weighted by Crippen LogP contribution is -2.50. The van der Waals surface area contributed by atoms with Crippen molar-refractivity contribution in [2.24, 2.45) is 0 Å². The molecule has 1 saturated heterocycles. The van der Waals surface area contributed by atoms with E-state index in [1.807, 2.05) is 29.4 Å². The van der Waals surface area contributed by atoms with Gasteiger partial charge in [-0.25, -0.2) is 9.97 Å². The Balaban J connectivity index is 1.27. The molecular weight excluding hydrogens is 464 g/mol. The summed E-state index contributed by atoms with van der Waals surface area (Å²) >= 11 is 0. The quantitative estimate of drug-likeness (QED) is 0.349. The number of nitrogens with zero attached hydrogens (tertiary/aromatic N) is 6. The molecule has 0 saturated carbocycles. The summed E-state index contributed by atoms with van der Waals surface area (Å²) < 4.78 is 0. The Morgan fingerprint density at radius 1 is 0.811 bits per heavy atom. The number of benzene rings is 1. The normalized spacial score (nSPS) is 14.6. The molecule has 3 heterocycles. The molecule has 9 heteroatoms. The van der Waals surface area contributed by atoms with Crippen LogP contribution in [0.25, 0.3) is 0 Å². The van der Waals surface area contributed by atoms with Gasteiger partial charge in [-0.2, -0.15) is 0 Å². The van der Waals surface area contributed by atoms with Crippen molar-refractivity contribution in [3.8, 4) is 0 Å². The minimum atomic E-state index is 0.132. The minimum Gasteiger partial charge on any atom is -0.348 e. The SMILES string of the molecule is CCCN(CCC)CCN1CCN(C(=O)c2ccc(CN(Cc3ncc[nH]3)Cc3ncc[nH]3)cc2)CC1. The Hall–Kier alpha value is -3.01. The zero-order valence-corrected chi connectivity index (χ0v) is 22.4. The predicted molar refractivity (Wildman–Crippen MR) is 146 cm³/mol. The van der Waals surface area contributed by atoms with Gasteiger partial charge in [0.05, 0.1) is 13.1 Å². The van der Waals surface area contributed by atoms with E-state index in [1.54, 1.807) is 12.4 Å². The molecule has 1 aromatic carbocycles. The van der Waals surface area contributed by atoms with Crippen LogP contribution < -0.4 is 0 Å². The highest BCUT2D eigenvalue weighted by atomic mass is 16.2. The zero-order chi connectivity index (χ0) is 25.9. The van der Waals surface area contributed by atoms with E-state index in [2.05, 4.69) is 60.6 Å². The molecule has 2 N–H and O–H groups in total. The van der Waals surface area contributed by atoms with Crippen LogP contribution in [-0.4, -0.2) is 97.8 Å². The van der Waals surface area contributed by atoms with E-state index >= 15 is 0 Å². The standard InChI is InChI=1S/C28H42N8O/c1-3-13-33(14-4-2)15-16-34-17-19-36(20-18-34)28(37)25-7-5-24(6-8-25)21-35(22-26-29-9-10-30-26)23-27-31-11-12-32-27/h5-12H,3-4,13-23H2,1-2H3,(H,29,30)(H,31,32). The van der Waals surface area contributed by atoms with E-state index in [0.717, 1.165) is 68.6 Å². The summed E-state index contributed by atoms with van der Waals surface area (Å²) in [6.45, 7) is 14.6. The Kier molecular flexibility index (Phi) is 10.3. The van der Waals surface area contributed by atoms with Crippen LogP contribution in [0.1, 0.15) is 54.3 Å². The average molecular weight is 507 g/mol. The Morgan fingerprint density at radius 2 is 1.41 bits per heavy atom. The minimum absolute atomic E-state index is 0.132. The van der Waals surface area contributed by atoms with Crippen LogP contribution in [0.4, 0.5) is 0 Å². The molecule has 0 bridgehead atoms. The van der Waals surface area contributed by atoms with Crippen LogP contribution >= 0.6 is 0 Å². The van der Waals surface area contributed by atoms with Gasteiger partial charge in [0.1, 0.15) is 11.6 Å². The lowest BCUT2D eigenvalue weighted by Gasteiger charge is -2.36. The highest BCUT2D eigenvalue weighted by molar-refractivity contribution is 5.94. The third kappa shape index (κ3) is 8.24. The van der Waals surface area contributed by atoms with Crippen LogP contribution in [0.5, 0.6) is 0 Å². The second kappa shape index (κ2) is 14.1. The van der Waals surface area contributed by atoms with Crippen molar-refractivity contribution in [1.29, 1.82) is 0 Å². The van der Waals surface area contributed by atoms with Crippen molar-refractivity contribution in [1.82, 2.24) is 39.5 Å². The summed E-state index contributed by atoms with van der Waals surface area (Å²) in [7, 11) is 0. The number of H-pyrrole nitrogens is 2. The van der Waals surface area contributed by atoms with Crippen molar-refractivity contribution >= 4 is 5.91 Å². The number of hydrogen-bond donors (Lipinski definition) is 2. The summed E-state index contributed by atoms with van der Waals surface area (Å²) in [4.78, 5) is 37.6. The van der Waals surface area contributed by atoms with Gasteiger partial charge in [-0.3, -0.25) is 14.6 Å². The summed E-state index contributed by atoms with van der Waals surface area (Å²) in [5.74, 6) is 1.97. The van der Waals surface area contributed by atoms with Crippen molar-refractivity contribution in [2.75, 3.05) is 52.4 Å². The number of imidazole rings is 2. The lowest BCUT2D eigenvalue weighted by molar-refractivity contribution is 0.0623. The summed E-state index contributed by atoms with van der Waals surface area (Å²) in [5, 5.41) is 0. The molecule has 4 rings (SSSR count). The van der Waals surface area contributed by atoms with Gasteiger partial charge in [-0.15, -0.1) is 0 Å². The molecule has 0 atom stereocenters. The second-order valence-electron chi connectivity index (χ2n) is 9.89. The monoisotopic (exact) mass is 506 g/mol. The molecule has 1 fully saturated rings. The van der Waals surface area contributed by atoms with E-state index in [-0.39, 0.29) is 5.91 Å². The number of aromatic amines is 2. The van der Waals surface area contributed by atoms with E-state index in [4.69, 9.17) is 0 Å². The number of aromatic nitrogens is 4. The van der Waals surface area contributed by atoms with Crippen molar-refractivity contribution in [3.05, 3.63) is 71.8 Å². The van der Waals surface area contributed by atoms with Gasteiger partial charge >= 0.3 is 0 Å². The number of piperazine rings is 1. The zero-order valence-electron chi connectivity index (χ0n) is 22.4. The Bertz CT molecular complexity index is 985. The molecule has 0 unspecified atom stereocenters. The number of hydrogen-bond acceptors (Lipinski definition) is 6. The summed E-state index contributed by atoms with van der Waals surface area (Å²) in [5.41, 5.74) is 1.92. The van der Waals surface area contributed by atoms with Gasteiger partial charge in [0.15, 0.2) is 0 Å². The molecule has 0 radical (unpaired) electrons. The van der Waals surface area contributed by atoms with Crippen LogP contribution in [0.15, 0.2) is 49.1 Å². The molecule has 3 aromatic rings. The average Bonchev–Trinajstić information content (AvgIpc) is 3.63. The smallest absolute Gasteiger partial charge is 0.253 e. The van der Waals surface area contributed by atoms with Gasteiger partial charge in [0.25, 0.3) is 5.91 Å². The molecule has 9 nitrogen and oxygen atoms in total. The van der Waals surface area contributed by atoms with Gasteiger partial charge in [0.2, 0.25) is 0 Å². The van der Waals surface area contributed by atoms with Crippen molar-refractivity contribution < 1.29 is 4.79 Å². The first kappa shape index (κ1) is 27.0. The van der Waals surface area contributed by atoms with Gasteiger partial charge in [-0.1, -0.05) is 26.0 Å². The number of rotatable bonds is 14. The van der Waals surface area contributed by atoms with E-state index < -0.39 is 0 Å². The first-order valence-corrected chi connectivity index (χ1v) is 13.7. The Morgan fingerprint density at radius 3 is 1.92 bits per heavy atom. The fourth-order valence-corrected chi connectivity index (χ4v) is 4.98. The number of nitrogens with one attached hydrogen (secondary N) is 2. The first-order valence-electron chi connectivity index (χ1n) is 13.7. The predicted octanol–water partition coefficient (Wildman–Crippen LogP) is 3.22. The lowest BCUT2D eigenvalue weighted by atomic mass is 10.1. The molecule has 1 aliphatic rings. The second-order valence-corrected chi connectivity index (χ2v) is 9.89. The van der Waals surface area contributed by atoms with Gasteiger partial charge in [0, 0.05) is 76.2 Å². The largest absolute Gasteiger partial charge is 0.348 e. The van der Waals surface area contributed by atoms with E-state index in [0.29, 0.717) is 13.1 Å². The molecule has 1 amide bonds. The third-order valence-electron chi connectivity index (χ3n) is 6.94. The topological polar surface area (TPSA) is 87.4 Å². The van der Waals surface area contributed by atoms with Crippen molar-refractivity contribution in [2.45, 2.75) is 46.3 Å². The van der Waals surface area contributed by atoms with E-state index in [1.165, 1.54) is 25.9 Å². The van der Waals surface area contributed by atoms with Gasteiger partial charge < -0.3 is 19.8 Å². The number of amides is 1. The Labute approximate surface area is 220 Å². The first-order chi connectivity index (χ1) is 18.1. The summed E-state index contributed by atoms with van der Waals surface area (Å²) in [6, 6.07) is 8.07. The molecule has 1 aliphatic heterocycles. The van der Waals surface area contributed by atoms with E-state index in [9.17, 15) is 4.79 Å². The molecule has 2 aromatic heterocycles. The fourth-order valence-electron chi connectivity index (χ4n) is 4.98. The molecule has 0 aliphatic carbocycles. The maximum atomic E-state index is 13.2. The molecule has 37 heavy (non-hydrogen) atoms. The maximum absolute atomic E-state index is 13.2. The number of carbonyl (C=O) groups is 1. The third-order valence-corrected chi connectivity index (χ3v) is 6.94. The van der Waals surface area contributed by atoms with Crippen LogP contribution in [0, 0.1) is 0 Å². The van der Waals surface area contributed by atoms with Gasteiger partial charge in [-0.05, 0) is 43.6 Å². The number of carbonyl (C=O) groups excluding carboxylic acids is 1. The van der Waals surface area contributed by atoms with Crippen molar-refractivity contribution in [3.63, 3.8) is 0 Å². The molecule has 200 valence electrons. The van der Waals surface area contributed by atoms with Crippen LogP contribution in [0.3, 0.4) is 0 Å².